The highest BCUT2D eigenvalue weighted by Gasteiger charge is 2.41. The van der Waals surface area contributed by atoms with Crippen molar-refractivity contribution in [2.75, 3.05) is 24.6 Å². The van der Waals surface area contributed by atoms with Crippen molar-refractivity contribution in [2.45, 2.75) is 45.8 Å². The maximum absolute atomic E-state index is 10.2. The largest absolute Gasteiger partial charge is 0.390 e. The first-order chi connectivity index (χ1) is 16.4. The molecular weight excluding hydrogens is 454 g/mol. The number of halogens is 1. The zero-order valence-corrected chi connectivity index (χ0v) is 20.4. The summed E-state index contributed by atoms with van der Waals surface area (Å²) in [5.41, 5.74) is 5.24. The first-order valence-electron chi connectivity index (χ1n) is 11.7. The fraction of sp³-hybridized carbons (Fsp3) is 0.500. The average Bonchev–Trinajstić information content (AvgIpc) is 3.49. The number of aliphatic hydroxyl groups excluding tert-OH is 1. The topological polar surface area (TPSA) is 105 Å². The third-order valence-corrected chi connectivity index (χ3v) is 7.99. The lowest BCUT2D eigenvalue weighted by Gasteiger charge is -2.39. The number of hydrogen-bond donors (Lipinski definition) is 2. The molecule has 0 amide bonds. The van der Waals surface area contributed by atoms with Gasteiger partial charge in [0.05, 0.1) is 35.6 Å². The van der Waals surface area contributed by atoms with Crippen molar-refractivity contribution < 1.29 is 9.84 Å². The van der Waals surface area contributed by atoms with E-state index in [9.17, 15) is 5.11 Å². The van der Waals surface area contributed by atoms with E-state index in [1.807, 2.05) is 30.8 Å². The van der Waals surface area contributed by atoms with Crippen LogP contribution in [0.4, 0.5) is 5.82 Å². The van der Waals surface area contributed by atoms with Crippen LogP contribution in [-0.4, -0.2) is 60.9 Å². The van der Waals surface area contributed by atoms with Crippen LogP contribution in [0, 0.1) is 12.3 Å². The number of aryl methyl sites for hydroxylation is 2. The lowest BCUT2D eigenvalue weighted by Crippen LogP contribution is -2.41. The fourth-order valence-corrected chi connectivity index (χ4v) is 5.97. The van der Waals surface area contributed by atoms with Crippen LogP contribution in [0.1, 0.15) is 37.6 Å². The lowest BCUT2D eigenvalue weighted by molar-refractivity contribution is 0.0975. The SMILES string of the molecule is Cc1c2c(Cl)c(-c3[nH]nc4nc(N5CCC6(CC5)CO[C@@H](C)C6)c(CO)nc34)ccc2nn1C. The molecule has 4 aromatic rings. The highest BCUT2D eigenvalue weighted by atomic mass is 35.5. The van der Waals surface area contributed by atoms with E-state index in [2.05, 4.69) is 27.1 Å². The van der Waals surface area contributed by atoms with Crippen molar-refractivity contribution in [1.29, 1.82) is 0 Å². The molecule has 10 heteroatoms. The first kappa shape index (κ1) is 21.8. The average molecular weight is 482 g/mol. The molecule has 1 atom stereocenters. The number of benzene rings is 1. The summed E-state index contributed by atoms with van der Waals surface area (Å²) in [7, 11) is 1.90. The summed E-state index contributed by atoms with van der Waals surface area (Å²) in [6, 6.07) is 3.87. The molecule has 0 radical (unpaired) electrons. The van der Waals surface area contributed by atoms with Gasteiger partial charge in [0.15, 0.2) is 5.82 Å². The van der Waals surface area contributed by atoms with Gasteiger partial charge >= 0.3 is 0 Å². The normalized spacial score (nSPS) is 20.3. The maximum atomic E-state index is 10.2. The van der Waals surface area contributed by atoms with Gasteiger partial charge in [-0.25, -0.2) is 9.97 Å². The van der Waals surface area contributed by atoms with Crippen LogP contribution in [0.5, 0.6) is 0 Å². The van der Waals surface area contributed by atoms with Crippen LogP contribution in [0.3, 0.4) is 0 Å². The van der Waals surface area contributed by atoms with E-state index in [1.54, 1.807) is 0 Å². The van der Waals surface area contributed by atoms with Gasteiger partial charge in [-0.15, -0.1) is 0 Å². The summed E-state index contributed by atoms with van der Waals surface area (Å²) >= 11 is 6.83. The second kappa shape index (κ2) is 7.90. The molecule has 0 bridgehead atoms. The van der Waals surface area contributed by atoms with Crippen LogP contribution < -0.4 is 4.90 Å². The van der Waals surface area contributed by atoms with E-state index in [0.717, 1.165) is 61.1 Å². The molecule has 3 aromatic heterocycles. The Kier molecular flexibility index (Phi) is 5.05. The number of nitrogens with zero attached hydrogens (tertiary/aromatic N) is 6. The third kappa shape index (κ3) is 3.29. The summed E-state index contributed by atoms with van der Waals surface area (Å²) in [4.78, 5) is 11.9. The number of nitrogens with one attached hydrogen (secondary N) is 1. The van der Waals surface area contributed by atoms with Crippen molar-refractivity contribution in [3.05, 3.63) is 28.5 Å². The minimum atomic E-state index is -0.195. The van der Waals surface area contributed by atoms with Crippen LogP contribution in [-0.2, 0) is 18.4 Å². The summed E-state index contributed by atoms with van der Waals surface area (Å²) in [5, 5.41) is 23.7. The zero-order valence-electron chi connectivity index (χ0n) is 19.6. The van der Waals surface area contributed by atoms with E-state index in [4.69, 9.17) is 26.3 Å². The van der Waals surface area contributed by atoms with Gasteiger partial charge in [-0.3, -0.25) is 9.78 Å². The van der Waals surface area contributed by atoms with Gasteiger partial charge in [-0.2, -0.15) is 10.2 Å². The summed E-state index contributed by atoms with van der Waals surface area (Å²) in [5.74, 6) is 0.708. The standard InChI is InChI=1S/C24H28ClN7O2/c1-13-10-24(12-34-13)6-8-32(9-7-24)23-17(11-33)26-21-20(28-29-22(21)27-23)15-4-5-16-18(19(15)25)14(2)31(3)30-16/h4-5,13,33H,6-12H2,1-3H3,(H,27,28,29)/t13-/m0/s1. The molecule has 1 aromatic carbocycles. The number of ether oxygens (including phenoxy) is 1. The Morgan fingerprint density at radius 1 is 1.26 bits per heavy atom. The highest BCUT2D eigenvalue weighted by molar-refractivity contribution is 6.38. The van der Waals surface area contributed by atoms with Gasteiger partial charge < -0.3 is 14.7 Å². The van der Waals surface area contributed by atoms with Crippen molar-refractivity contribution in [3.8, 4) is 11.3 Å². The Bertz CT molecular complexity index is 1400. The van der Waals surface area contributed by atoms with E-state index in [-0.39, 0.29) is 12.0 Å². The number of aromatic nitrogens is 6. The Morgan fingerprint density at radius 2 is 2.06 bits per heavy atom. The Labute approximate surface area is 202 Å². The number of fused-ring (bicyclic) bond motifs is 2. The Hall–Kier alpha value is -2.75. The Morgan fingerprint density at radius 3 is 2.76 bits per heavy atom. The van der Waals surface area contributed by atoms with E-state index < -0.39 is 0 Å². The summed E-state index contributed by atoms with van der Waals surface area (Å²) in [6.45, 7) is 6.52. The van der Waals surface area contributed by atoms with Crippen molar-refractivity contribution in [2.24, 2.45) is 12.5 Å². The smallest absolute Gasteiger partial charge is 0.202 e. The van der Waals surface area contributed by atoms with Crippen LogP contribution in [0.15, 0.2) is 12.1 Å². The molecule has 1 spiro atoms. The maximum Gasteiger partial charge on any atom is 0.202 e. The molecule has 34 heavy (non-hydrogen) atoms. The molecule has 2 saturated heterocycles. The van der Waals surface area contributed by atoms with Crippen LogP contribution in [0.2, 0.25) is 5.02 Å². The van der Waals surface area contributed by atoms with Gasteiger partial charge in [0.2, 0.25) is 5.65 Å². The summed E-state index contributed by atoms with van der Waals surface area (Å²) in [6.07, 6.45) is 3.55. The predicted octanol–water partition coefficient (Wildman–Crippen LogP) is 3.76. The van der Waals surface area contributed by atoms with E-state index >= 15 is 0 Å². The highest BCUT2D eigenvalue weighted by Crippen LogP contribution is 2.43. The molecule has 178 valence electrons. The summed E-state index contributed by atoms with van der Waals surface area (Å²) < 4.78 is 7.68. The molecule has 0 aliphatic carbocycles. The number of rotatable bonds is 3. The molecule has 9 nitrogen and oxygen atoms in total. The van der Waals surface area contributed by atoms with Crippen molar-refractivity contribution >= 4 is 39.5 Å². The minimum absolute atomic E-state index is 0.195. The molecule has 0 unspecified atom stereocenters. The van der Waals surface area contributed by atoms with Crippen LogP contribution >= 0.6 is 11.6 Å². The zero-order chi connectivity index (χ0) is 23.6. The minimum Gasteiger partial charge on any atom is -0.390 e. The predicted molar refractivity (Wildman–Crippen MR) is 131 cm³/mol. The molecule has 0 saturated carbocycles. The Balaban J connectivity index is 1.37. The molecule has 2 N–H and O–H groups in total. The van der Waals surface area contributed by atoms with Gasteiger partial charge in [0, 0.05) is 36.8 Å². The fourth-order valence-electron chi connectivity index (χ4n) is 5.58. The number of H-pyrrole nitrogens is 1. The molecule has 2 aliphatic heterocycles. The van der Waals surface area contributed by atoms with Crippen LogP contribution in [0.25, 0.3) is 33.3 Å². The van der Waals surface area contributed by atoms with E-state index in [1.165, 1.54) is 0 Å². The van der Waals surface area contributed by atoms with Gasteiger partial charge in [-0.1, -0.05) is 11.6 Å². The monoisotopic (exact) mass is 481 g/mol. The lowest BCUT2D eigenvalue weighted by atomic mass is 9.77. The number of aromatic amines is 1. The van der Waals surface area contributed by atoms with E-state index in [0.29, 0.717) is 39.5 Å². The quantitative estimate of drug-likeness (QED) is 0.459. The third-order valence-electron chi connectivity index (χ3n) is 7.60. The van der Waals surface area contributed by atoms with Gasteiger partial charge in [0.1, 0.15) is 11.2 Å². The first-order valence-corrected chi connectivity index (χ1v) is 12.1. The molecular formula is C24H28ClN7O2. The number of aliphatic hydroxyl groups is 1. The number of anilines is 1. The number of piperidine rings is 1. The van der Waals surface area contributed by atoms with Gasteiger partial charge in [-0.05, 0) is 50.7 Å². The van der Waals surface area contributed by atoms with Crippen molar-refractivity contribution in [3.63, 3.8) is 0 Å². The second-order valence-electron chi connectivity index (χ2n) is 9.77. The molecule has 2 aliphatic rings. The molecule has 5 heterocycles. The van der Waals surface area contributed by atoms with Gasteiger partial charge in [0.25, 0.3) is 0 Å². The number of hydrogen-bond acceptors (Lipinski definition) is 7. The second-order valence-corrected chi connectivity index (χ2v) is 10.1. The molecule has 6 rings (SSSR count). The van der Waals surface area contributed by atoms with Crippen molar-refractivity contribution in [1.82, 2.24) is 29.9 Å². The molecule has 2 fully saturated rings.